The highest BCUT2D eigenvalue weighted by molar-refractivity contribution is 7.93. The van der Waals surface area contributed by atoms with E-state index in [1.807, 2.05) is 36.4 Å². The lowest BCUT2D eigenvalue weighted by Gasteiger charge is -2.37. The van der Waals surface area contributed by atoms with E-state index in [-0.39, 0.29) is 17.0 Å². The Labute approximate surface area is 350 Å². The van der Waals surface area contributed by atoms with E-state index < -0.39 is 10.0 Å². The van der Waals surface area contributed by atoms with Crippen LogP contribution in [0.5, 0.6) is 46.0 Å². The van der Waals surface area contributed by atoms with E-state index in [1.54, 1.807) is 58.9 Å². The minimum absolute atomic E-state index is 0.0625. The predicted octanol–water partition coefficient (Wildman–Crippen LogP) is 8.51. The molecule has 13 heteroatoms. The molecular weight excluding hydrogens is 781 g/mol. The molecule has 60 heavy (non-hydrogen) atoms. The molecule has 5 aromatic carbocycles. The molecule has 4 aliphatic heterocycles. The molecule has 0 radical (unpaired) electrons. The van der Waals surface area contributed by atoms with Crippen molar-refractivity contribution >= 4 is 26.6 Å². The van der Waals surface area contributed by atoms with Gasteiger partial charge in [-0.05, 0) is 116 Å². The molecule has 4 aliphatic rings. The minimum Gasteiger partial charge on any atom is -0.493 e. The molecular formula is C47H48N4O8S. The predicted molar refractivity (Wildman–Crippen MR) is 230 cm³/mol. The Morgan fingerprint density at radius 2 is 1.38 bits per heavy atom. The van der Waals surface area contributed by atoms with Gasteiger partial charge in [-0.2, -0.15) is 0 Å². The van der Waals surface area contributed by atoms with Crippen molar-refractivity contribution in [2.24, 2.45) is 0 Å². The van der Waals surface area contributed by atoms with Crippen LogP contribution in [0.2, 0.25) is 0 Å². The molecule has 2 atom stereocenters. The topological polar surface area (TPSA) is 121 Å². The Kier molecular flexibility index (Phi) is 10.4. The van der Waals surface area contributed by atoms with Crippen molar-refractivity contribution in [3.05, 3.63) is 125 Å². The van der Waals surface area contributed by atoms with Gasteiger partial charge < -0.3 is 28.4 Å². The average molecular weight is 829 g/mol. The fourth-order valence-electron chi connectivity index (χ4n) is 8.93. The van der Waals surface area contributed by atoms with Gasteiger partial charge >= 0.3 is 0 Å². The number of fused-ring (bicyclic) bond motifs is 3. The Morgan fingerprint density at radius 1 is 0.700 bits per heavy atom. The average Bonchev–Trinajstić information content (AvgIpc) is 3.26. The van der Waals surface area contributed by atoms with Crippen LogP contribution >= 0.6 is 0 Å². The molecule has 0 spiro atoms. The molecule has 6 bridgehead atoms. The third-order valence-corrected chi connectivity index (χ3v) is 13.5. The first-order valence-electron chi connectivity index (χ1n) is 20.0. The lowest BCUT2D eigenvalue weighted by molar-refractivity contribution is 0.220. The summed E-state index contributed by atoms with van der Waals surface area (Å²) in [4.78, 5) is 9.15. The quantitative estimate of drug-likeness (QED) is 0.167. The van der Waals surface area contributed by atoms with E-state index in [1.165, 1.54) is 11.1 Å². The van der Waals surface area contributed by atoms with Gasteiger partial charge in [-0.1, -0.05) is 30.3 Å². The van der Waals surface area contributed by atoms with E-state index in [2.05, 4.69) is 57.9 Å². The third-order valence-electron chi connectivity index (χ3n) is 12.1. The number of pyridine rings is 1. The summed E-state index contributed by atoms with van der Waals surface area (Å²) in [7, 11) is 6.51. The number of nitrogens with one attached hydrogen (secondary N) is 1. The zero-order valence-corrected chi connectivity index (χ0v) is 35.4. The number of sulfonamides is 1. The maximum atomic E-state index is 14.4. The van der Waals surface area contributed by atoms with Gasteiger partial charge in [0, 0.05) is 48.4 Å². The van der Waals surface area contributed by atoms with E-state index in [4.69, 9.17) is 28.4 Å². The number of hydrogen-bond acceptors (Lipinski definition) is 11. The van der Waals surface area contributed by atoms with E-state index in [0.717, 1.165) is 42.6 Å². The molecule has 0 saturated carbocycles. The molecule has 10 rings (SSSR count). The maximum Gasteiger partial charge on any atom is 0.264 e. The molecule has 310 valence electrons. The van der Waals surface area contributed by atoms with Crippen LogP contribution in [0, 0.1) is 0 Å². The molecule has 0 amide bonds. The number of aromatic nitrogens is 1. The van der Waals surface area contributed by atoms with Gasteiger partial charge in [0.1, 0.15) is 10.6 Å². The monoisotopic (exact) mass is 828 g/mol. The Morgan fingerprint density at radius 3 is 2.13 bits per heavy atom. The first kappa shape index (κ1) is 39.4. The Hall–Kier alpha value is -6.02. The number of likely N-dealkylation sites (N-methyl/N-ethyl adjacent to an activating group) is 2. The van der Waals surface area contributed by atoms with E-state index >= 15 is 0 Å². The fraction of sp³-hybridized carbons (Fsp3) is 0.298. The molecule has 0 fully saturated rings. The summed E-state index contributed by atoms with van der Waals surface area (Å²) < 4.78 is 69.5. The summed E-state index contributed by atoms with van der Waals surface area (Å²) in [6.07, 6.45) is 4.28. The van der Waals surface area contributed by atoms with Crippen LogP contribution in [0.15, 0.2) is 96.0 Å². The third kappa shape index (κ3) is 7.10. The van der Waals surface area contributed by atoms with Gasteiger partial charge in [-0.15, -0.1) is 0 Å². The van der Waals surface area contributed by atoms with Crippen molar-refractivity contribution < 1.29 is 36.8 Å². The molecule has 0 unspecified atom stereocenters. The minimum atomic E-state index is -4.16. The Balaban J connectivity index is 1.26. The first-order valence-corrected chi connectivity index (χ1v) is 21.5. The van der Waals surface area contributed by atoms with E-state index in [0.29, 0.717) is 81.0 Å². The van der Waals surface area contributed by atoms with Crippen molar-refractivity contribution in [2.75, 3.05) is 60.3 Å². The van der Waals surface area contributed by atoms with Crippen molar-refractivity contribution in [1.29, 1.82) is 0 Å². The second kappa shape index (κ2) is 15.9. The van der Waals surface area contributed by atoms with Crippen molar-refractivity contribution in [1.82, 2.24) is 14.8 Å². The summed E-state index contributed by atoms with van der Waals surface area (Å²) >= 11 is 0. The molecule has 12 nitrogen and oxygen atoms in total. The number of methoxy groups -OCH3 is 4. The lowest BCUT2D eigenvalue weighted by Crippen LogP contribution is -2.34. The summed E-state index contributed by atoms with van der Waals surface area (Å²) in [5.74, 6) is 4.10. The van der Waals surface area contributed by atoms with Crippen molar-refractivity contribution in [3.63, 3.8) is 0 Å². The first-order chi connectivity index (χ1) is 29.1. The fourth-order valence-corrected chi connectivity index (χ4v) is 10.2. The number of benzene rings is 5. The standard InChI is InChI=1S/C47H48N4O8S/c1-50-19-16-30-23-38(54-3)41-26-34(30)36(50)21-28-12-14-33(15-13-28)58-40-25-32(22-37-44-31(17-20-51(37)2)24-42(56-5)46(57-6)47(44)59-41)35(27-39(40)55-4)49-60(52,53)43-11-7-9-29-10-8-18-48-45(29)43/h7-15,18,23-27,36-37,49H,16-17,19-22H2,1-6H3/t36-,37-/m0/s1. The summed E-state index contributed by atoms with van der Waals surface area (Å²) in [5, 5.41) is 0.711. The zero-order chi connectivity index (χ0) is 41.7. The number of ether oxygens (including phenoxy) is 6. The molecule has 0 aliphatic carbocycles. The Bertz CT molecular complexity index is 2720. The highest BCUT2D eigenvalue weighted by Crippen LogP contribution is 2.52. The number of rotatable bonds is 7. The second-order valence-electron chi connectivity index (χ2n) is 15.6. The van der Waals surface area contributed by atoms with Gasteiger partial charge in [0.15, 0.2) is 34.5 Å². The van der Waals surface area contributed by atoms with Gasteiger partial charge in [0.2, 0.25) is 5.75 Å². The second-order valence-corrected chi connectivity index (χ2v) is 17.2. The normalized spacial score (nSPS) is 17.7. The van der Waals surface area contributed by atoms with Crippen molar-refractivity contribution in [2.45, 2.75) is 42.7 Å². The number of anilines is 1. The van der Waals surface area contributed by atoms with Crippen LogP contribution in [-0.4, -0.2) is 78.8 Å². The van der Waals surface area contributed by atoms with Gasteiger partial charge in [-0.25, -0.2) is 8.42 Å². The van der Waals surface area contributed by atoms with Crippen LogP contribution in [0.25, 0.3) is 10.9 Å². The summed E-state index contributed by atoms with van der Waals surface area (Å²) in [6, 6.07) is 26.4. The molecule has 5 heterocycles. The molecule has 0 saturated heterocycles. The van der Waals surface area contributed by atoms with Crippen LogP contribution in [0.1, 0.15) is 45.5 Å². The highest BCUT2D eigenvalue weighted by Gasteiger charge is 2.36. The van der Waals surface area contributed by atoms with Crippen LogP contribution in [0.3, 0.4) is 0 Å². The van der Waals surface area contributed by atoms with Crippen molar-refractivity contribution in [3.8, 4) is 46.0 Å². The highest BCUT2D eigenvalue weighted by atomic mass is 32.2. The number of hydrogen-bond donors (Lipinski definition) is 1. The maximum absolute atomic E-state index is 14.4. The smallest absolute Gasteiger partial charge is 0.264 e. The molecule has 6 aromatic rings. The lowest BCUT2D eigenvalue weighted by atomic mass is 9.87. The van der Waals surface area contributed by atoms with Gasteiger partial charge in [0.05, 0.1) is 39.6 Å². The largest absolute Gasteiger partial charge is 0.493 e. The molecule has 1 aromatic heterocycles. The van der Waals surface area contributed by atoms with Gasteiger partial charge in [0.25, 0.3) is 10.0 Å². The van der Waals surface area contributed by atoms with Crippen LogP contribution < -0.4 is 33.1 Å². The number of nitrogens with zero attached hydrogens (tertiary/aromatic N) is 3. The van der Waals surface area contributed by atoms with E-state index in [9.17, 15) is 8.42 Å². The summed E-state index contributed by atoms with van der Waals surface area (Å²) in [6.45, 7) is 1.62. The van der Waals surface area contributed by atoms with Crippen LogP contribution in [-0.2, 0) is 35.7 Å². The number of para-hydroxylation sites is 1. The van der Waals surface area contributed by atoms with Crippen LogP contribution in [0.4, 0.5) is 5.69 Å². The molecule has 1 N–H and O–H groups in total. The summed E-state index contributed by atoms with van der Waals surface area (Å²) in [5.41, 5.74) is 6.84. The van der Waals surface area contributed by atoms with Gasteiger partial charge in [-0.3, -0.25) is 19.5 Å². The SMILES string of the molecule is COc1cc(NS(=O)(=O)c2cccc3cccnc23)c2cc1Oc1ccc(cc1)C[C@H]1c3cc(c(OC)cc3CCN1C)Oc1c(OC)c(OC)cc3c1[C@H](C2)N(C)CC3. The zero-order valence-electron chi connectivity index (χ0n) is 34.6.